The fourth-order valence-corrected chi connectivity index (χ4v) is 11.0. The lowest BCUT2D eigenvalue weighted by Crippen LogP contribution is -2.37. The van der Waals surface area contributed by atoms with Crippen molar-refractivity contribution in [3.8, 4) is 0 Å². The highest BCUT2D eigenvalue weighted by molar-refractivity contribution is 7.82. The van der Waals surface area contributed by atoms with E-state index < -0.39 is 0 Å². The van der Waals surface area contributed by atoms with Crippen LogP contribution < -0.4 is 10.9 Å². The normalized spacial score (nSPS) is 15.7. The number of urea groups is 3. The maximum Gasteiger partial charge on any atom is 0.327 e. The van der Waals surface area contributed by atoms with Gasteiger partial charge in [-0.15, -0.1) is 0 Å². The van der Waals surface area contributed by atoms with E-state index in [-0.39, 0.29) is 95.8 Å². The number of carbonyl (C=O) groups excluding carboxylic acids is 6. The summed E-state index contributed by atoms with van der Waals surface area (Å²) in [5, 5.41) is 5.33. The largest absolute Gasteiger partial charge is 0.472 e. The Labute approximate surface area is 556 Å². The van der Waals surface area contributed by atoms with Gasteiger partial charge in [0.05, 0.1) is 44.1 Å². The van der Waals surface area contributed by atoms with Gasteiger partial charge in [0, 0.05) is 97.7 Å². The van der Waals surface area contributed by atoms with Crippen molar-refractivity contribution in [3.05, 3.63) is 85.3 Å². The predicted molar refractivity (Wildman–Crippen MR) is 371 cm³/mol. The van der Waals surface area contributed by atoms with Gasteiger partial charge in [-0.1, -0.05) is 71.1 Å². The van der Waals surface area contributed by atoms with Crippen LogP contribution >= 0.6 is 48.9 Å². The fraction of sp³-hybridized carbons (Fsp3) is 0.641. The molecule has 0 atom stereocenters. The van der Waals surface area contributed by atoms with E-state index in [1.165, 1.54) is 39.1 Å². The highest BCUT2D eigenvalue weighted by Gasteiger charge is 2.38. The molecular formula is C64H103N11O11S4. The Morgan fingerprint density at radius 3 is 1.13 bits per heavy atom. The molecule has 3 aromatic heterocycles. The Bertz CT molecular complexity index is 2860. The number of carbonyl (C=O) groups is 6. The first-order valence-electron chi connectivity index (χ1n) is 30.9. The Hall–Kier alpha value is -6.51. The predicted octanol–water partition coefficient (Wildman–Crippen LogP) is 11.2. The van der Waals surface area contributed by atoms with Gasteiger partial charge in [0.25, 0.3) is 11.8 Å². The van der Waals surface area contributed by atoms with Crippen molar-refractivity contribution in [1.82, 2.24) is 54.2 Å². The Morgan fingerprint density at radius 1 is 0.444 bits per heavy atom. The minimum absolute atomic E-state index is 0.0263. The molecule has 0 spiro atoms. The molecule has 3 aromatic rings. The second-order valence-corrected chi connectivity index (χ2v) is 25.8. The number of aryl methyl sites for hydroxylation is 3. The minimum Gasteiger partial charge on any atom is -0.472 e. The second-order valence-electron chi connectivity index (χ2n) is 24.1. The summed E-state index contributed by atoms with van der Waals surface area (Å²) >= 11 is 20.8. The molecule has 22 nitrogen and oxygen atoms in total. The number of nitrogens with zero attached hydrogens (tertiary/aromatic N) is 11. The number of hydrogen-bond acceptors (Lipinski definition) is 16. The van der Waals surface area contributed by atoms with E-state index in [0.717, 1.165) is 58.3 Å². The van der Waals surface area contributed by atoms with Gasteiger partial charge in [0.1, 0.15) is 35.1 Å². The quantitative estimate of drug-likeness (QED) is 0.121. The van der Waals surface area contributed by atoms with Crippen molar-refractivity contribution in [3.63, 3.8) is 0 Å². The van der Waals surface area contributed by atoms with Crippen molar-refractivity contribution in [1.29, 1.82) is 0 Å². The van der Waals surface area contributed by atoms with Crippen LogP contribution in [0.5, 0.6) is 0 Å². The molecule has 0 N–H and O–H groups in total. The van der Waals surface area contributed by atoms with Gasteiger partial charge in [-0.2, -0.15) is 0 Å². The Morgan fingerprint density at radius 2 is 0.844 bits per heavy atom. The van der Waals surface area contributed by atoms with Crippen LogP contribution in [0.4, 0.5) is 14.4 Å². The van der Waals surface area contributed by atoms with Crippen LogP contribution in [0.2, 0.25) is 0 Å². The summed E-state index contributed by atoms with van der Waals surface area (Å²) in [6.07, 6.45) is 6.23. The molecule has 5 saturated heterocycles. The van der Waals surface area contributed by atoms with Crippen LogP contribution in [-0.2, 0) is 14.4 Å². The Balaban J connectivity index is 0.000000515. The van der Waals surface area contributed by atoms with Gasteiger partial charge < -0.3 is 42.8 Å². The molecule has 5 aliphatic rings. The van der Waals surface area contributed by atoms with Crippen molar-refractivity contribution in [2.45, 2.75) is 207 Å². The maximum atomic E-state index is 11.6. The molecule has 0 unspecified atom stereocenters. The van der Waals surface area contributed by atoms with Crippen LogP contribution in [0.25, 0.3) is 0 Å². The fourth-order valence-electron chi connectivity index (χ4n) is 9.03. The van der Waals surface area contributed by atoms with E-state index in [4.69, 9.17) is 62.2 Å². The number of thiocarbonyl (C=S) groups is 4. The zero-order valence-electron chi connectivity index (χ0n) is 57.9. The van der Waals surface area contributed by atoms with Crippen LogP contribution in [0.15, 0.2) is 54.1 Å². The highest BCUT2D eigenvalue weighted by atomic mass is 32.1. The van der Waals surface area contributed by atoms with Crippen LogP contribution in [0.3, 0.4) is 0 Å². The summed E-state index contributed by atoms with van der Waals surface area (Å²) in [6, 6.07) is 1.96. The third kappa shape index (κ3) is 23.3. The molecule has 8 heterocycles. The number of amides is 9. The maximum absolute atomic E-state index is 11.6. The second kappa shape index (κ2) is 38.4. The summed E-state index contributed by atoms with van der Waals surface area (Å²) in [7, 11) is 1.63. The molecular weight excluding hydrogens is 1230 g/mol. The van der Waals surface area contributed by atoms with Crippen LogP contribution in [0, 0.1) is 20.8 Å². The summed E-state index contributed by atoms with van der Waals surface area (Å²) in [5.41, 5.74) is 4.46. The zero-order valence-corrected chi connectivity index (χ0v) is 61.2. The molecule has 504 valence electrons. The standard InChI is InChI=1S/2C9H12O2.C8H14N2O2.2C8H14N2OS.C8H14N2S2.C7H12N2O2.C7H11NO/c1-6(2)9-4-8(10)7(3)5-11-9;1-6(2)8-5-11-4-7(3)9(8)10;1-4-9-5-7(11)10(6(2)3)8(9)12;1-4-9-5-7(12)10(6(2)3)8(9)11;2*1-4-9-5-7(11)10(6(2)3)8(9)12;1-5(2)9-6(10)4-8(3)7(9)11;1-5(2)7-4-9-8-6(7)3/h2*4-6H,1-3H3;4*6H,4-5H2,1-3H3;5H,4H2,1-3H3;4-5H,1-3H3. The van der Waals surface area contributed by atoms with Gasteiger partial charge in [0.15, 0.2) is 21.1 Å². The number of rotatable bonds is 12. The van der Waals surface area contributed by atoms with Gasteiger partial charge in [-0.25, -0.2) is 14.4 Å². The molecule has 0 aliphatic carbocycles. The van der Waals surface area contributed by atoms with Crippen molar-refractivity contribution in [2.24, 2.45) is 0 Å². The monoisotopic (exact) mass is 1330 g/mol. The molecule has 0 aromatic carbocycles. The number of aromatic nitrogens is 1. The average Bonchev–Trinajstić information content (AvgIpc) is 3.12. The van der Waals surface area contributed by atoms with E-state index in [2.05, 4.69) is 44.7 Å². The molecule has 0 saturated carbocycles. The topological polar surface area (TPSA) is 221 Å². The molecule has 0 bridgehead atoms. The van der Waals surface area contributed by atoms with Crippen molar-refractivity contribution in [2.75, 3.05) is 66.0 Å². The smallest absolute Gasteiger partial charge is 0.327 e. The SMILES string of the molecule is CC(C)N1C(=O)CN(C)C1=O.CCN1CC(=O)N(C(C)C)C1=O.CCN1CC(=O)N(C(C)C)C1=S.CCN1CC(=S)N(C(C)C)C1=O.CCN1CC(=S)N(C(C)C)C1=S.Cc1coc(C(C)C)cc1=O.Cc1cocc(C(C)C)c1=O.Cc1nocc1C(C)C. The zero-order chi connectivity index (χ0) is 69.5. The first-order valence-corrected chi connectivity index (χ1v) is 32.5. The molecule has 0 radical (unpaired) electrons. The highest BCUT2D eigenvalue weighted by Crippen LogP contribution is 2.20. The molecule has 90 heavy (non-hydrogen) atoms. The number of hydrogen-bond donors (Lipinski definition) is 0. The van der Waals surface area contributed by atoms with Crippen molar-refractivity contribution >= 4 is 105 Å². The third-order valence-electron chi connectivity index (χ3n) is 14.3. The molecule has 5 aliphatic heterocycles. The minimum atomic E-state index is -0.190. The van der Waals surface area contributed by atoms with Crippen LogP contribution in [0.1, 0.15) is 190 Å². The van der Waals surface area contributed by atoms with E-state index >= 15 is 0 Å². The third-order valence-corrected chi connectivity index (χ3v) is 15.8. The lowest BCUT2D eigenvalue weighted by molar-refractivity contribution is -0.127. The summed E-state index contributed by atoms with van der Waals surface area (Å²) in [6.45, 7) is 50.5. The van der Waals surface area contributed by atoms with E-state index in [1.54, 1.807) is 52.8 Å². The van der Waals surface area contributed by atoms with Gasteiger partial charge in [-0.3, -0.25) is 43.6 Å². The molecule has 5 fully saturated rings. The van der Waals surface area contributed by atoms with Crippen molar-refractivity contribution < 1.29 is 42.1 Å². The first kappa shape index (κ1) is 81.5. The number of likely N-dealkylation sites (N-methyl/N-ethyl adjacent to an activating group) is 5. The van der Waals surface area contributed by atoms with Crippen LogP contribution in [-0.4, -0.2) is 206 Å². The summed E-state index contributed by atoms with van der Waals surface area (Å²) in [5.74, 6) is 1.73. The number of imide groups is 2. The van der Waals surface area contributed by atoms with E-state index in [9.17, 15) is 38.4 Å². The molecule has 26 heteroatoms. The molecule has 8 rings (SSSR count). The lowest BCUT2D eigenvalue weighted by Gasteiger charge is -2.23. The average molecular weight is 1330 g/mol. The summed E-state index contributed by atoms with van der Waals surface area (Å²) in [4.78, 5) is 109. The lowest BCUT2D eigenvalue weighted by atomic mass is 10.0. The van der Waals surface area contributed by atoms with E-state index in [1.807, 2.05) is 121 Å². The Kier molecular flexibility index (Phi) is 34.7. The van der Waals surface area contributed by atoms with Gasteiger partial charge >= 0.3 is 18.1 Å². The van der Waals surface area contributed by atoms with Gasteiger partial charge in [0.2, 0.25) is 5.91 Å². The van der Waals surface area contributed by atoms with Gasteiger partial charge in [-0.05, 0) is 154 Å². The summed E-state index contributed by atoms with van der Waals surface area (Å²) < 4.78 is 14.9. The van der Waals surface area contributed by atoms with E-state index in [0.29, 0.717) is 47.8 Å². The molecule has 9 amide bonds. The first-order chi connectivity index (χ1) is 41.8.